The summed E-state index contributed by atoms with van der Waals surface area (Å²) in [7, 11) is 0. The van der Waals surface area contributed by atoms with E-state index >= 15 is 0 Å². The van der Waals surface area contributed by atoms with Gasteiger partial charge < -0.3 is 10.2 Å². The molecule has 0 bridgehead atoms. The molecule has 0 radical (unpaired) electrons. The maximum atomic E-state index is 12.4. The summed E-state index contributed by atoms with van der Waals surface area (Å²) in [6, 6.07) is 28.2. The van der Waals surface area contributed by atoms with Crippen molar-refractivity contribution in [1.82, 2.24) is 0 Å². The van der Waals surface area contributed by atoms with Crippen LogP contribution in [0, 0.1) is 0 Å². The van der Waals surface area contributed by atoms with E-state index in [-0.39, 0.29) is 5.91 Å². The molecule has 3 aromatic carbocycles. The average Bonchev–Trinajstić information content (AvgIpc) is 2.76. The van der Waals surface area contributed by atoms with Gasteiger partial charge in [-0.05, 0) is 41.5 Å². The van der Waals surface area contributed by atoms with Crippen LogP contribution in [0.25, 0.3) is 5.57 Å². The van der Waals surface area contributed by atoms with E-state index in [2.05, 4.69) is 53.9 Å². The van der Waals surface area contributed by atoms with Crippen molar-refractivity contribution >= 4 is 17.2 Å². The van der Waals surface area contributed by atoms with Crippen LogP contribution in [0.1, 0.15) is 27.9 Å². The predicted molar refractivity (Wildman–Crippen MR) is 114 cm³/mol. The molecule has 0 spiro atoms. The summed E-state index contributed by atoms with van der Waals surface area (Å²) in [6.07, 6.45) is 3.48. The van der Waals surface area contributed by atoms with E-state index in [0.29, 0.717) is 5.56 Å². The fourth-order valence-electron chi connectivity index (χ4n) is 3.65. The van der Waals surface area contributed by atoms with Crippen LogP contribution >= 0.6 is 0 Å². The summed E-state index contributed by atoms with van der Waals surface area (Å²) < 4.78 is 0. The van der Waals surface area contributed by atoms with Crippen molar-refractivity contribution < 1.29 is 9.69 Å². The summed E-state index contributed by atoms with van der Waals surface area (Å²) in [6.45, 7) is 3.16. The first-order valence-electron chi connectivity index (χ1n) is 9.81. The van der Waals surface area contributed by atoms with Gasteiger partial charge in [0.15, 0.2) is 0 Å². The fraction of sp³-hybridized carbons (Fsp3) is 0.160. The van der Waals surface area contributed by atoms with Gasteiger partial charge in [-0.1, -0.05) is 60.7 Å². The van der Waals surface area contributed by atoms with Gasteiger partial charge in [-0.15, -0.1) is 0 Å². The zero-order valence-electron chi connectivity index (χ0n) is 15.9. The number of nitrogens with one attached hydrogen (secondary N) is 2. The van der Waals surface area contributed by atoms with Gasteiger partial charge in [0.1, 0.15) is 6.54 Å². The lowest BCUT2D eigenvalue weighted by molar-refractivity contribution is -0.908. The van der Waals surface area contributed by atoms with Crippen LogP contribution in [0.2, 0.25) is 0 Å². The number of quaternary nitrogens is 1. The molecule has 0 aliphatic carbocycles. The van der Waals surface area contributed by atoms with Gasteiger partial charge >= 0.3 is 0 Å². The van der Waals surface area contributed by atoms with Gasteiger partial charge in [-0.25, -0.2) is 0 Å². The van der Waals surface area contributed by atoms with Crippen LogP contribution in [0.5, 0.6) is 0 Å². The number of carbonyl (C=O) groups excluding carboxylic acids is 1. The molecule has 3 aromatic rings. The molecule has 28 heavy (non-hydrogen) atoms. The van der Waals surface area contributed by atoms with Crippen molar-refractivity contribution in [2.75, 3.05) is 18.4 Å². The molecule has 1 heterocycles. The van der Waals surface area contributed by atoms with E-state index in [1.165, 1.54) is 16.7 Å². The summed E-state index contributed by atoms with van der Waals surface area (Å²) in [5.41, 5.74) is 5.57. The highest BCUT2D eigenvalue weighted by Crippen LogP contribution is 2.18. The topological polar surface area (TPSA) is 33.5 Å². The Balaban J connectivity index is 1.34. The molecule has 3 nitrogen and oxygen atoms in total. The van der Waals surface area contributed by atoms with Crippen LogP contribution in [0.3, 0.4) is 0 Å². The molecule has 4 rings (SSSR count). The first-order valence-corrected chi connectivity index (χ1v) is 9.81. The van der Waals surface area contributed by atoms with Crippen LogP contribution in [0.4, 0.5) is 5.69 Å². The first-order chi connectivity index (χ1) is 13.8. The Morgan fingerprint density at radius 1 is 0.857 bits per heavy atom. The molecule has 1 atom stereocenters. The van der Waals surface area contributed by atoms with E-state index in [9.17, 15) is 4.79 Å². The third-order valence-corrected chi connectivity index (χ3v) is 5.23. The van der Waals surface area contributed by atoms with E-state index in [1.807, 2.05) is 42.5 Å². The number of hydrogen-bond acceptors (Lipinski definition) is 1. The molecule has 1 unspecified atom stereocenters. The first kappa shape index (κ1) is 18.2. The molecule has 0 aromatic heterocycles. The molecule has 1 aliphatic heterocycles. The summed E-state index contributed by atoms with van der Waals surface area (Å²) in [4.78, 5) is 13.9. The number of rotatable bonds is 5. The summed E-state index contributed by atoms with van der Waals surface area (Å²) in [5.74, 6) is -0.0708. The molecule has 2 N–H and O–H groups in total. The normalized spacial score (nSPS) is 16.3. The molecule has 3 heteroatoms. The number of anilines is 1. The number of amides is 1. The molecule has 140 valence electrons. The second-order valence-corrected chi connectivity index (χ2v) is 7.24. The molecular formula is C25H25N2O+. The van der Waals surface area contributed by atoms with Crippen molar-refractivity contribution in [3.05, 3.63) is 108 Å². The van der Waals surface area contributed by atoms with Crippen molar-refractivity contribution in [2.45, 2.75) is 13.0 Å². The van der Waals surface area contributed by atoms with Crippen LogP contribution in [-0.4, -0.2) is 19.0 Å². The average molecular weight is 369 g/mol. The third kappa shape index (κ3) is 4.56. The maximum absolute atomic E-state index is 12.4. The summed E-state index contributed by atoms with van der Waals surface area (Å²) >= 11 is 0. The quantitative estimate of drug-likeness (QED) is 0.704. The Bertz CT molecular complexity index is 947. The number of benzene rings is 3. The standard InChI is InChI=1S/C25H24N2O/c28-25(26-24-9-5-2-6-10-24)23-13-11-20(12-14-23)19-27-17-15-22(16-18-27)21-7-3-1-4-8-21/h1-15H,16-19H2,(H,26,28)/p+1. The van der Waals surface area contributed by atoms with E-state index in [1.54, 1.807) is 4.90 Å². The predicted octanol–water partition coefficient (Wildman–Crippen LogP) is 3.81. The van der Waals surface area contributed by atoms with Gasteiger partial charge in [0, 0.05) is 23.2 Å². The Morgan fingerprint density at radius 3 is 2.18 bits per heavy atom. The Kier molecular flexibility index (Phi) is 5.64. The highest BCUT2D eigenvalue weighted by molar-refractivity contribution is 6.04. The smallest absolute Gasteiger partial charge is 0.255 e. The van der Waals surface area contributed by atoms with Crippen molar-refractivity contribution in [1.29, 1.82) is 0 Å². The fourth-order valence-corrected chi connectivity index (χ4v) is 3.65. The zero-order valence-corrected chi connectivity index (χ0v) is 15.9. The molecule has 0 fully saturated rings. The minimum absolute atomic E-state index is 0.0708. The number of hydrogen-bond donors (Lipinski definition) is 2. The second-order valence-electron chi connectivity index (χ2n) is 7.24. The van der Waals surface area contributed by atoms with Gasteiger partial charge in [0.25, 0.3) is 5.91 Å². The van der Waals surface area contributed by atoms with Crippen LogP contribution < -0.4 is 10.2 Å². The SMILES string of the molecule is O=C(Nc1ccccc1)c1ccc(C[NH+]2CC=C(c3ccccc3)CC2)cc1. The molecule has 0 saturated carbocycles. The van der Waals surface area contributed by atoms with Gasteiger partial charge in [0.05, 0.1) is 13.1 Å². The molecule has 0 saturated heterocycles. The van der Waals surface area contributed by atoms with E-state index in [0.717, 1.165) is 31.7 Å². The lowest BCUT2D eigenvalue weighted by Crippen LogP contribution is -3.11. The largest absolute Gasteiger partial charge is 0.328 e. The van der Waals surface area contributed by atoms with Crippen molar-refractivity contribution in [3.8, 4) is 0 Å². The third-order valence-electron chi connectivity index (χ3n) is 5.23. The minimum atomic E-state index is -0.0708. The Hall–Kier alpha value is -3.17. The Labute approximate surface area is 166 Å². The highest BCUT2D eigenvalue weighted by atomic mass is 16.1. The van der Waals surface area contributed by atoms with E-state index in [4.69, 9.17) is 0 Å². The molecule has 1 amide bonds. The maximum Gasteiger partial charge on any atom is 0.255 e. The van der Waals surface area contributed by atoms with E-state index < -0.39 is 0 Å². The minimum Gasteiger partial charge on any atom is -0.328 e. The van der Waals surface area contributed by atoms with Crippen LogP contribution in [0.15, 0.2) is 91.0 Å². The summed E-state index contributed by atoms with van der Waals surface area (Å²) in [5, 5.41) is 2.93. The van der Waals surface area contributed by atoms with Gasteiger partial charge in [0.2, 0.25) is 0 Å². The second kappa shape index (κ2) is 8.68. The molecule has 1 aliphatic rings. The Morgan fingerprint density at radius 2 is 1.54 bits per heavy atom. The molecular weight excluding hydrogens is 344 g/mol. The zero-order chi connectivity index (χ0) is 19.2. The van der Waals surface area contributed by atoms with Crippen LogP contribution in [-0.2, 0) is 6.54 Å². The lowest BCUT2D eigenvalue weighted by Gasteiger charge is -2.24. The van der Waals surface area contributed by atoms with Gasteiger partial charge in [-0.3, -0.25) is 4.79 Å². The number of para-hydroxylation sites is 1. The van der Waals surface area contributed by atoms with Gasteiger partial charge in [-0.2, -0.15) is 0 Å². The number of carbonyl (C=O) groups is 1. The van der Waals surface area contributed by atoms with Crippen molar-refractivity contribution in [3.63, 3.8) is 0 Å². The highest BCUT2D eigenvalue weighted by Gasteiger charge is 2.16. The lowest BCUT2D eigenvalue weighted by atomic mass is 9.99. The van der Waals surface area contributed by atoms with Crippen molar-refractivity contribution in [2.24, 2.45) is 0 Å². The monoisotopic (exact) mass is 369 g/mol.